The van der Waals surface area contributed by atoms with Gasteiger partial charge < -0.3 is 5.32 Å². The molecule has 0 aliphatic heterocycles. The number of halogens is 1. The van der Waals surface area contributed by atoms with E-state index in [4.69, 9.17) is 18.0 Å². The van der Waals surface area contributed by atoms with E-state index in [9.17, 15) is 0 Å². The second-order valence-corrected chi connectivity index (χ2v) is 4.37. The van der Waals surface area contributed by atoms with Gasteiger partial charge in [-0.2, -0.15) is 0 Å². The van der Waals surface area contributed by atoms with Crippen LogP contribution in [0.25, 0.3) is 0 Å². The van der Waals surface area contributed by atoms with E-state index < -0.39 is 0 Å². The summed E-state index contributed by atoms with van der Waals surface area (Å²) in [5.74, 6) is 4.72. The van der Waals surface area contributed by atoms with Crippen LogP contribution in [0.1, 0.15) is 37.9 Å². The first-order chi connectivity index (χ1) is 7.72. The van der Waals surface area contributed by atoms with Crippen LogP contribution in [0.5, 0.6) is 0 Å². The standard InChI is InChI=1S/C12H14ClN3/c1-3-9(4-2)14-11-7-10(13)15-12(16-11)8-5-6-8/h1,7-9H,4-6H2,2H3,(H,14,15,16). The molecule has 1 N–H and O–H groups in total. The number of hydrogen-bond donors (Lipinski definition) is 1. The predicted octanol–water partition coefficient (Wildman–Crippen LogP) is 2.83. The van der Waals surface area contributed by atoms with Crippen molar-refractivity contribution >= 4 is 17.4 Å². The van der Waals surface area contributed by atoms with Crippen molar-refractivity contribution in [3.8, 4) is 12.3 Å². The first kappa shape index (κ1) is 11.2. The number of nitrogens with one attached hydrogen (secondary N) is 1. The van der Waals surface area contributed by atoms with Crippen molar-refractivity contribution in [3.63, 3.8) is 0 Å². The van der Waals surface area contributed by atoms with Gasteiger partial charge >= 0.3 is 0 Å². The van der Waals surface area contributed by atoms with Crippen molar-refractivity contribution in [1.29, 1.82) is 0 Å². The Hall–Kier alpha value is -1.27. The highest BCUT2D eigenvalue weighted by molar-refractivity contribution is 6.29. The summed E-state index contributed by atoms with van der Waals surface area (Å²) in [4.78, 5) is 8.65. The second-order valence-electron chi connectivity index (χ2n) is 3.98. The zero-order valence-electron chi connectivity index (χ0n) is 9.20. The molecule has 1 unspecified atom stereocenters. The Bertz CT molecular complexity index is 421. The van der Waals surface area contributed by atoms with E-state index in [2.05, 4.69) is 21.2 Å². The largest absolute Gasteiger partial charge is 0.356 e. The maximum Gasteiger partial charge on any atom is 0.135 e. The van der Waals surface area contributed by atoms with E-state index in [1.54, 1.807) is 6.07 Å². The average Bonchev–Trinajstić information content (AvgIpc) is 3.08. The summed E-state index contributed by atoms with van der Waals surface area (Å²) >= 11 is 5.95. The van der Waals surface area contributed by atoms with Gasteiger partial charge in [-0.15, -0.1) is 6.42 Å². The molecule has 1 fully saturated rings. The summed E-state index contributed by atoms with van der Waals surface area (Å²) < 4.78 is 0. The molecule has 0 aromatic carbocycles. The molecule has 0 spiro atoms. The van der Waals surface area contributed by atoms with Crippen molar-refractivity contribution in [2.45, 2.75) is 38.1 Å². The third kappa shape index (κ3) is 2.65. The smallest absolute Gasteiger partial charge is 0.135 e. The normalized spacial score (nSPS) is 16.6. The van der Waals surface area contributed by atoms with Gasteiger partial charge in [0.2, 0.25) is 0 Å². The highest BCUT2D eigenvalue weighted by atomic mass is 35.5. The van der Waals surface area contributed by atoms with E-state index in [-0.39, 0.29) is 6.04 Å². The summed E-state index contributed by atoms with van der Waals surface area (Å²) in [6.45, 7) is 2.03. The van der Waals surface area contributed by atoms with Gasteiger partial charge in [0.1, 0.15) is 16.8 Å². The zero-order valence-corrected chi connectivity index (χ0v) is 9.96. The lowest BCUT2D eigenvalue weighted by Crippen LogP contribution is -2.17. The van der Waals surface area contributed by atoms with E-state index in [1.807, 2.05) is 6.92 Å². The van der Waals surface area contributed by atoms with E-state index in [0.29, 0.717) is 11.1 Å². The molecule has 1 aliphatic carbocycles. The Morgan fingerprint density at radius 2 is 2.38 bits per heavy atom. The number of anilines is 1. The quantitative estimate of drug-likeness (QED) is 0.644. The summed E-state index contributed by atoms with van der Waals surface area (Å²) in [5.41, 5.74) is 0. The van der Waals surface area contributed by atoms with Crippen LogP contribution in [0.4, 0.5) is 5.82 Å². The number of hydrogen-bond acceptors (Lipinski definition) is 3. The fraction of sp³-hybridized carbons (Fsp3) is 0.500. The van der Waals surface area contributed by atoms with Crippen LogP contribution in [0, 0.1) is 12.3 Å². The Morgan fingerprint density at radius 1 is 1.62 bits per heavy atom. The monoisotopic (exact) mass is 235 g/mol. The number of terminal acetylenes is 1. The summed E-state index contributed by atoms with van der Waals surface area (Å²) in [6.07, 6.45) is 8.57. The van der Waals surface area contributed by atoms with Gasteiger partial charge in [-0.05, 0) is 19.3 Å². The van der Waals surface area contributed by atoms with E-state index in [0.717, 1.165) is 30.9 Å². The van der Waals surface area contributed by atoms with Gasteiger partial charge in [-0.25, -0.2) is 9.97 Å². The predicted molar refractivity (Wildman–Crippen MR) is 65.6 cm³/mol. The number of nitrogens with zero attached hydrogens (tertiary/aromatic N) is 2. The Kier molecular flexibility index (Phi) is 3.31. The lowest BCUT2D eigenvalue weighted by molar-refractivity contribution is 0.838. The molecule has 3 nitrogen and oxygen atoms in total. The maximum atomic E-state index is 5.95. The molecule has 16 heavy (non-hydrogen) atoms. The van der Waals surface area contributed by atoms with Gasteiger partial charge in [0.25, 0.3) is 0 Å². The minimum atomic E-state index is -0.00183. The number of rotatable bonds is 4. The second kappa shape index (κ2) is 4.71. The number of aromatic nitrogens is 2. The molecule has 1 heterocycles. The minimum Gasteiger partial charge on any atom is -0.356 e. The molecule has 0 radical (unpaired) electrons. The average molecular weight is 236 g/mol. The highest BCUT2D eigenvalue weighted by Gasteiger charge is 2.27. The van der Waals surface area contributed by atoms with Crippen molar-refractivity contribution < 1.29 is 0 Å². The summed E-state index contributed by atoms with van der Waals surface area (Å²) in [7, 11) is 0. The van der Waals surface area contributed by atoms with Crippen LogP contribution in [0.3, 0.4) is 0 Å². The van der Waals surface area contributed by atoms with Gasteiger partial charge in [-0.3, -0.25) is 0 Å². The summed E-state index contributed by atoms with van der Waals surface area (Å²) in [5, 5.41) is 3.65. The molecule has 1 saturated carbocycles. The molecular formula is C12H14ClN3. The molecule has 0 saturated heterocycles. The van der Waals surface area contributed by atoms with Crippen LogP contribution < -0.4 is 5.32 Å². The third-order valence-electron chi connectivity index (χ3n) is 2.59. The molecule has 1 aliphatic rings. The first-order valence-electron chi connectivity index (χ1n) is 5.50. The lowest BCUT2D eigenvalue weighted by Gasteiger charge is -2.12. The Labute approximate surface area is 101 Å². The molecule has 2 rings (SSSR count). The van der Waals surface area contributed by atoms with E-state index >= 15 is 0 Å². The van der Waals surface area contributed by atoms with Crippen LogP contribution >= 0.6 is 11.6 Å². The molecular weight excluding hydrogens is 222 g/mol. The van der Waals surface area contributed by atoms with Crippen molar-refractivity contribution in [1.82, 2.24) is 9.97 Å². The topological polar surface area (TPSA) is 37.8 Å². The molecule has 0 bridgehead atoms. The molecule has 84 valence electrons. The fourth-order valence-electron chi connectivity index (χ4n) is 1.47. The highest BCUT2D eigenvalue weighted by Crippen LogP contribution is 2.38. The molecule has 0 amide bonds. The van der Waals surface area contributed by atoms with Crippen LogP contribution in [0.2, 0.25) is 5.15 Å². The Morgan fingerprint density at radius 3 is 2.94 bits per heavy atom. The van der Waals surface area contributed by atoms with Crippen LogP contribution in [-0.4, -0.2) is 16.0 Å². The van der Waals surface area contributed by atoms with Crippen molar-refractivity contribution in [2.24, 2.45) is 0 Å². The molecule has 1 atom stereocenters. The maximum absolute atomic E-state index is 5.95. The third-order valence-corrected chi connectivity index (χ3v) is 2.78. The van der Waals surface area contributed by atoms with Gasteiger partial charge in [0, 0.05) is 12.0 Å². The Balaban J connectivity index is 2.17. The first-order valence-corrected chi connectivity index (χ1v) is 5.88. The fourth-order valence-corrected chi connectivity index (χ4v) is 1.66. The van der Waals surface area contributed by atoms with Gasteiger partial charge in [-0.1, -0.05) is 24.4 Å². The van der Waals surface area contributed by atoms with Crippen LogP contribution in [0.15, 0.2) is 6.07 Å². The summed E-state index contributed by atoms with van der Waals surface area (Å²) in [6, 6.07) is 1.71. The molecule has 1 aromatic heterocycles. The molecule has 1 aromatic rings. The zero-order chi connectivity index (χ0) is 11.5. The van der Waals surface area contributed by atoms with Gasteiger partial charge in [0.05, 0.1) is 6.04 Å². The SMILES string of the molecule is C#CC(CC)Nc1cc(Cl)nc(C2CC2)n1. The van der Waals surface area contributed by atoms with E-state index in [1.165, 1.54) is 0 Å². The molecule has 4 heteroatoms. The van der Waals surface area contributed by atoms with Crippen LogP contribution in [-0.2, 0) is 0 Å². The lowest BCUT2D eigenvalue weighted by atomic mass is 10.2. The van der Waals surface area contributed by atoms with Gasteiger partial charge in [0.15, 0.2) is 0 Å². The van der Waals surface area contributed by atoms with Crippen molar-refractivity contribution in [3.05, 3.63) is 17.0 Å². The minimum absolute atomic E-state index is 0.00183. The van der Waals surface area contributed by atoms with Crippen molar-refractivity contribution in [2.75, 3.05) is 5.32 Å².